The summed E-state index contributed by atoms with van der Waals surface area (Å²) in [6.45, 7) is 0.511. The molecule has 0 radical (unpaired) electrons. The molecule has 0 aliphatic carbocycles. The van der Waals surface area contributed by atoms with Crippen molar-refractivity contribution in [3.63, 3.8) is 0 Å². The van der Waals surface area contributed by atoms with Crippen molar-refractivity contribution >= 4 is 5.91 Å². The Morgan fingerprint density at radius 3 is 2.96 bits per heavy atom. The van der Waals surface area contributed by atoms with Gasteiger partial charge in [-0.3, -0.25) is 4.79 Å². The van der Waals surface area contributed by atoms with E-state index in [9.17, 15) is 9.18 Å². The van der Waals surface area contributed by atoms with Gasteiger partial charge < -0.3 is 14.8 Å². The van der Waals surface area contributed by atoms with E-state index in [1.807, 2.05) is 12.1 Å². The van der Waals surface area contributed by atoms with Crippen LogP contribution in [-0.2, 0) is 6.54 Å². The minimum Gasteiger partial charge on any atom is -0.454 e. The van der Waals surface area contributed by atoms with E-state index in [0.717, 1.165) is 5.56 Å². The average molecular weight is 340 g/mol. The van der Waals surface area contributed by atoms with E-state index in [2.05, 4.69) is 15.6 Å². The van der Waals surface area contributed by atoms with Gasteiger partial charge in [0.1, 0.15) is 5.82 Å². The fourth-order valence-corrected chi connectivity index (χ4v) is 2.44. The molecule has 1 aromatic heterocycles. The molecule has 1 aliphatic rings. The van der Waals surface area contributed by atoms with Crippen LogP contribution in [0.1, 0.15) is 16.1 Å². The van der Waals surface area contributed by atoms with Crippen LogP contribution in [0.2, 0.25) is 0 Å². The second-order valence-corrected chi connectivity index (χ2v) is 5.40. The first kappa shape index (κ1) is 15.1. The normalized spacial score (nSPS) is 12.2. The molecule has 0 spiro atoms. The van der Waals surface area contributed by atoms with Crippen LogP contribution in [-0.4, -0.2) is 27.7 Å². The van der Waals surface area contributed by atoms with E-state index in [4.69, 9.17) is 9.47 Å². The number of hydrogen-bond donors (Lipinski definition) is 1. The van der Waals surface area contributed by atoms with Gasteiger partial charge in [0.25, 0.3) is 5.91 Å². The summed E-state index contributed by atoms with van der Waals surface area (Å²) in [5.41, 5.74) is 1.50. The summed E-state index contributed by atoms with van der Waals surface area (Å²) in [4.78, 5) is 12.2. The van der Waals surface area contributed by atoms with Gasteiger partial charge in [0.05, 0.1) is 11.9 Å². The predicted octanol–water partition coefficient (Wildman–Crippen LogP) is 2.07. The number of carbonyl (C=O) groups excluding carboxylic acids is 1. The summed E-state index contributed by atoms with van der Waals surface area (Å²) in [6.07, 6.45) is 1.45. The van der Waals surface area contributed by atoms with Crippen molar-refractivity contribution in [1.29, 1.82) is 0 Å². The molecule has 0 saturated heterocycles. The lowest BCUT2D eigenvalue weighted by molar-refractivity contribution is 0.0945. The Kier molecular flexibility index (Phi) is 3.77. The van der Waals surface area contributed by atoms with Gasteiger partial charge in [-0.25, -0.2) is 9.07 Å². The largest absolute Gasteiger partial charge is 0.454 e. The van der Waals surface area contributed by atoms with Gasteiger partial charge in [-0.1, -0.05) is 17.3 Å². The van der Waals surface area contributed by atoms with Gasteiger partial charge in [-0.2, -0.15) is 0 Å². The molecule has 0 saturated carbocycles. The van der Waals surface area contributed by atoms with Crippen LogP contribution < -0.4 is 14.8 Å². The van der Waals surface area contributed by atoms with Crippen LogP contribution in [0, 0.1) is 5.82 Å². The van der Waals surface area contributed by atoms with Crippen molar-refractivity contribution in [3.8, 4) is 17.2 Å². The summed E-state index contributed by atoms with van der Waals surface area (Å²) >= 11 is 0. The van der Waals surface area contributed by atoms with Crippen LogP contribution in [0.5, 0.6) is 11.5 Å². The number of aromatic nitrogens is 3. The standard InChI is InChI=1S/C17H13FN4O3/c18-12-2-1-3-13(7-12)22-9-14(20-21-22)17(23)19-8-11-4-5-15-16(6-11)25-10-24-15/h1-7,9H,8,10H2,(H,19,23). The highest BCUT2D eigenvalue weighted by molar-refractivity contribution is 5.91. The maximum absolute atomic E-state index is 13.3. The predicted molar refractivity (Wildman–Crippen MR) is 85.1 cm³/mol. The molecule has 0 bridgehead atoms. The first-order chi connectivity index (χ1) is 12.2. The minimum absolute atomic E-state index is 0.144. The lowest BCUT2D eigenvalue weighted by Crippen LogP contribution is -2.23. The van der Waals surface area contributed by atoms with E-state index >= 15 is 0 Å². The minimum atomic E-state index is -0.387. The number of nitrogens with one attached hydrogen (secondary N) is 1. The average Bonchev–Trinajstić information content (AvgIpc) is 3.28. The first-order valence-corrected chi connectivity index (χ1v) is 7.54. The molecule has 126 valence electrons. The van der Waals surface area contributed by atoms with Gasteiger partial charge in [0, 0.05) is 6.54 Å². The third-order valence-electron chi connectivity index (χ3n) is 3.69. The molecule has 1 aliphatic heterocycles. The Morgan fingerprint density at radius 2 is 2.08 bits per heavy atom. The Bertz CT molecular complexity index is 941. The summed E-state index contributed by atoms with van der Waals surface area (Å²) in [6, 6.07) is 11.3. The molecule has 0 unspecified atom stereocenters. The molecular formula is C17H13FN4O3. The quantitative estimate of drug-likeness (QED) is 0.787. The molecule has 8 heteroatoms. The zero-order chi connectivity index (χ0) is 17.2. The number of ether oxygens (including phenoxy) is 2. The molecule has 7 nitrogen and oxygen atoms in total. The van der Waals surface area contributed by atoms with Crippen molar-refractivity contribution in [2.24, 2.45) is 0 Å². The number of benzene rings is 2. The molecule has 4 rings (SSSR count). The number of nitrogens with zero attached hydrogens (tertiary/aromatic N) is 3. The molecule has 25 heavy (non-hydrogen) atoms. The number of rotatable bonds is 4. The number of hydrogen-bond acceptors (Lipinski definition) is 5. The monoisotopic (exact) mass is 340 g/mol. The van der Waals surface area contributed by atoms with Crippen LogP contribution in [0.4, 0.5) is 4.39 Å². The third kappa shape index (κ3) is 3.14. The second-order valence-electron chi connectivity index (χ2n) is 5.40. The maximum atomic E-state index is 13.3. The summed E-state index contributed by atoms with van der Waals surface area (Å²) in [7, 11) is 0. The summed E-state index contributed by atoms with van der Waals surface area (Å²) in [5, 5.41) is 10.4. The summed E-state index contributed by atoms with van der Waals surface area (Å²) < 4.78 is 25.2. The van der Waals surface area contributed by atoms with Crippen LogP contribution >= 0.6 is 0 Å². The van der Waals surface area contributed by atoms with Gasteiger partial charge in [-0.05, 0) is 35.9 Å². The molecule has 1 amide bonds. The van der Waals surface area contributed by atoms with Crippen LogP contribution in [0.25, 0.3) is 5.69 Å². The Hall–Kier alpha value is -3.42. The highest BCUT2D eigenvalue weighted by Crippen LogP contribution is 2.32. The Morgan fingerprint density at radius 1 is 1.20 bits per heavy atom. The van der Waals surface area contributed by atoms with Gasteiger partial charge in [0.15, 0.2) is 17.2 Å². The van der Waals surface area contributed by atoms with E-state index in [-0.39, 0.29) is 24.2 Å². The van der Waals surface area contributed by atoms with Crippen molar-refractivity contribution in [3.05, 3.63) is 65.7 Å². The molecule has 1 N–H and O–H groups in total. The zero-order valence-corrected chi connectivity index (χ0v) is 13.0. The molecule has 3 aromatic rings. The topological polar surface area (TPSA) is 78.3 Å². The highest BCUT2D eigenvalue weighted by Gasteiger charge is 2.15. The molecule has 0 atom stereocenters. The van der Waals surface area contributed by atoms with Crippen LogP contribution in [0.3, 0.4) is 0 Å². The summed E-state index contributed by atoms with van der Waals surface area (Å²) in [5.74, 6) is 0.582. The number of amides is 1. The van der Waals surface area contributed by atoms with Crippen molar-refractivity contribution in [2.75, 3.05) is 6.79 Å². The van der Waals surface area contributed by atoms with Crippen molar-refractivity contribution in [2.45, 2.75) is 6.54 Å². The Balaban J connectivity index is 1.43. The van der Waals surface area contributed by atoms with Gasteiger partial charge >= 0.3 is 0 Å². The fraction of sp³-hybridized carbons (Fsp3) is 0.118. The van der Waals surface area contributed by atoms with Gasteiger partial charge in [0.2, 0.25) is 6.79 Å². The first-order valence-electron chi connectivity index (χ1n) is 7.54. The van der Waals surface area contributed by atoms with Crippen molar-refractivity contribution < 1.29 is 18.7 Å². The molecule has 2 heterocycles. The van der Waals surface area contributed by atoms with E-state index in [1.54, 1.807) is 18.2 Å². The lowest BCUT2D eigenvalue weighted by Gasteiger charge is -2.04. The SMILES string of the molecule is O=C(NCc1ccc2c(c1)OCO2)c1cn(-c2cccc(F)c2)nn1. The van der Waals surface area contributed by atoms with E-state index in [1.165, 1.54) is 23.0 Å². The van der Waals surface area contributed by atoms with E-state index in [0.29, 0.717) is 23.7 Å². The highest BCUT2D eigenvalue weighted by atomic mass is 19.1. The van der Waals surface area contributed by atoms with Crippen molar-refractivity contribution in [1.82, 2.24) is 20.3 Å². The second kappa shape index (κ2) is 6.23. The number of carbonyl (C=O) groups is 1. The Labute approximate surface area is 142 Å². The van der Waals surface area contributed by atoms with Crippen LogP contribution in [0.15, 0.2) is 48.7 Å². The number of halogens is 1. The zero-order valence-electron chi connectivity index (χ0n) is 13.0. The maximum Gasteiger partial charge on any atom is 0.273 e. The molecule has 0 fully saturated rings. The third-order valence-corrected chi connectivity index (χ3v) is 3.69. The van der Waals surface area contributed by atoms with E-state index < -0.39 is 0 Å². The lowest BCUT2D eigenvalue weighted by atomic mass is 10.2. The number of fused-ring (bicyclic) bond motifs is 1. The van der Waals surface area contributed by atoms with Gasteiger partial charge in [-0.15, -0.1) is 5.10 Å². The molecular weight excluding hydrogens is 327 g/mol. The smallest absolute Gasteiger partial charge is 0.273 e. The fourth-order valence-electron chi connectivity index (χ4n) is 2.44. The molecule has 2 aromatic carbocycles.